The molecule has 1 saturated heterocycles. The van der Waals surface area contributed by atoms with Crippen LogP contribution in [0.25, 0.3) is 0 Å². The second kappa shape index (κ2) is 8.21. The van der Waals surface area contributed by atoms with Crippen LogP contribution in [0.1, 0.15) is 36.7 Å². The van der Waals surface area contributed by atoms with Gasteiger partial charge in [0.25, 0.3) is 5.91 Å². The van der Waals surface area contributed by atoms with Gasteiger partial charge in [0.1, 0.15) is 5.60 Å². The second-order valence-corrected chi connectivity index (χ2v) is 7.40. The van der Waals surface area contributed by atoms with E-state index in [9.17, 15) is 14.4 Å². The van der Waals surface area contributed by atoms with E-state index in [-0.39, 0.29) is 24.5 Å². The van der Waals surface area contributed by atoms with E-state index in [1.165, 1.54) is 0 Å². The summed E-state index contributed by atoms with van der Waals surface area (Å²) in [7, 11) is 0. The fraction of sp³-hybridized carbons (Fsp3) is 0.526. The topological polar surface area (TPSA) is 79.0 Å². The number of carbonyl (C=O) groups is 3. The van der Waals surface area contributed by atoms with Crippen molar-refractivity contribution in [1.29, 1.82) is 0 Å². The van der Waals surface area contributed by atoms with E-state index in [4.69, 9.17) is 4.74 Å². The highest BCUT2D eigenvalue weighted by Crippen LogP contribution is 2.12. The fourth-order valence-corrected chi connectivity index (χ4v) is 2.62. The van der Waals surface area contributed by atoms with Gasteiger partial charge in [-0.05, 0) is 39.8 Å². The molecule has 0 saturated carbocycles. The summed E-state index contributed by atoms with van der Waals surface area (Å²) in [5.41, 5.74) is 0.985. The van der Waals surface area contributed by atoms with Gasteiger partial charge in [-0.1, -0.05) is 17.7 Å². The third kappa shape index (κ3) is 5.75. The molecule has 7 nitrogen and oxygen atoms in total. The second-order valence-electron chi connectivity index (χ2n) is 7.40. The molecule has 0 spiro atoms. The van der Waals surface area contributed by atoms with Crippen LogP contribution in [0.2, 0.25) is 0 Å². The number of hydrogen-bond donors (Lipinski definition) is 1. The lowest BCUT2D eigenvalue weighted by Gasteiger charge is -2.35. The number of piperazine rings is 1. The molecule has 0 aromatic heterocycles. The number of benzene rings is 1. The average Bonchev–Trinajstić information content (AvgIpc) is 2.58. The largest absolute Gasteiger partial charge is 0.444 e. The number of aryl methyl sites for hydroxylation is 1. The molecule has 1 aliphatic rings. The van der Waals surface area contributed by atoms with Crippen molar-refractivity contribution in [3.63, 3.8) is 0 Å². The predicted octanol–water partition coefficient (Wildman–Crippen LogP) is 1.80. The predicted molar refractivity (Wildman–Crippen MR) is 97.9 cm³/mol. The molecular formula is C19H27N3O4. The Balaban J connectivity index is 1.78. The molecule has 0 bridgehead atoms. The molecule has 26 heavy (non-hydrogen) atoms. The Kier molecular flexibility index (Phi) is 6.23. The van der Waals surface area contributed by atoms with Crippen molar-refractivity contribution in [2.45, 2.75) is 33.3 Å². The van der Waals surface area contributed by atoms with Gasteiger partial charge in [-0.25, -0.2) is 4.79 Å². The Morgan fingerprint density at radius 2 is 1.69 bits per heavy atom. The molecule has 0 unspecified atom stereocenters. The van der Waals surface area contributed by atoms with E-state index < -0.39 is 5.60 Å². The molecular weight excluding hydrogens is 334 g/mol. The Morgan fingerprint density at radius 3 is 2.27 bits per heavy atom. The van der Waals surface area contributed by atoms with Gasteiger partial charge in [0.15, 0.2) is 0 Å². The van der Waals surface area contributed by atoms with E-state index in [1.54, 1.807) is 21.9 Å². The van der Waals surface area contributed by atoms with E-state index in [1.807, 2.05) is 39.8 Å². The quantitative estimate of drug-likeness (QED) is 0.890. The summed E-state index contributed by atoms with van der Waals surface area (Å²) in [4.78, 5) is 39.7. The first-order valence-electron chi connectivity index (χ1n) is 8.76. The molecule has 1 fully saturated rings. The highest BCUT2D eigenvalue weighted by molar-refractivity contribution is 5.96. The van der Waals surface area contributed by atoms with Crippen LogP contribution >= 0.6 is 0 Å². The summed E-state index contributed by atoms with van der Waals surface area (Å²) in [6.07, 6.45) is -0.364. The van der Waals surface area contributed by atoms with Crippen molar-refractivity contribution < 1.29 is 19.1 Å². The number of carbonyl (C=O) groups excluding carboxylic acids is 3. The maximum atomic E-state index is 12.3. The van der Waals surface area contributed by atoms with Crippen LogP contribution in [0.5, 0.6) is 0 Å². The standard InChI is InChI=1S/C19H27N3O4/c1-14-6-5-7-15(12-14)17(24)20-13-16(23)21-8-10-22(11-9-21)18(25)26-19(2,3)4/h5-7,12H,8-11,13H2,1-4H3,(H,20,24). The maximum absolute atomic E-state index is 12.3. The lowest BCUT2D eigenvalue weighted by atomic mass is 10.1. The number of nitrogens with zero attached hydrogens (tertiary/aromatic N) is 2. The minimum absolute atomic E-state index is 0.0563. The molecule has 0 radical (unpaired) electrons. The molecule has 142 valence electrons. The van der Waals surface area contributed by atoms with Gasteiger partial charge in [-0.3, -0.25) is 9.59 Å². The van der Waals surface area contributed by atoms with Gasteiger partial charge in [0, 0.05) is 31.7 Å². The average molecular weight is 361 g/mol. The van der Waals surface area contributed by atoms with Gasteiger partial charge in [0.05, 0.1) is 6.54 Å². The molecule has 3 amide bonds. The van der Waals surface area contributed by atoms with Crippen molar-refractivity contribution in [3.8, 4) is 0 Å². The number of rotatable bonds is 3. The van der Waals surface area contributed by atoms with Crippen LogP contribution in [-0.2, 0) is 9.53 Å². The molecule has 1 aliphatic heterocycles. The number of hydrogen-bond acceptors (Lipinski definition) is 4. The van der Waals surface area contributed by atoms with Gasteiger partial charge in [-0.2, -0.15) is 0 Å². The van der Waals surface area contributed by atoms with Crippen LogP contribution in [0, 0.1) is 6.92 Å². The van der Waals surface area contributed by atoms with E-state index in [0.29, 0.717) is 31.7 Å². The summed E-state index contributed by atoms with van der Waals surface area (Å²) in [6, 6.07) is 7.21. The zero-order valence-electron chi connectivity index (χ0n) is 15.9. The smallest absolute Gasteiger partial charge is 0.410 e. The zero-order chi connectivity index (χ0) is 19.3. The molecule has 1 N–H and O–H groups in total. The Labute approximate surface area is 154 Å². The van der Waals surface area contributed by atoms with Crippen molar-refractivity contribution in [1.82, 2.24) is 15.1 Å². The third-order valence-corrected chi connectivity index (χ3v) is 3.96. The highest BCUT2D eigenvalue weighted by atomic mass is 16.6. The van der Waals surface area contributed by atoms with Crippen molar-refractivity contribution in [3.05, 3.63) is 35.4 Å². The van der Waals surface area contributed by atoms with Crippen LogP contribution in [-0.4, -0.2) is 66.0 Å². The molecule has 1 aromatic carbocycles. The SMILES string of the molecule is Cc1cccc(C(=O)NCC(=O)N2CCN(C(=O)OC(C)(C)C)CC2)c1. The summed E-state index contributed by atoms with van der Waals surface area (Å²) in [5, 5.41) is 2.65. The summed E-state index contributed by atoms with van der Waals surface area (Å²) >= 11 is 0. The van der Waals surface area contributed by atoms with E-state index >= 15 is 0 Å². The summed E-state index contributed by atoms with van der Waals surface area (Å²) in [6.45, 7) is 9.02. The first-order chi connectivity index (χ1) is 12.2. The van der Waals surface area contributed by atoms with E-state index in [0.717, 1.165) is 5.56 Å². The lowest BCUT2D eigenvalue weighted by Crippen LogP contribution is -2.53. The van der Waals surface area contributed by atoms with Gasteiger partial charge < -0.3 is 19.9 Å². The molecule has 0 atom stereocenters. The van der Waals surface area contributed by atoms with Gasteiger partial charge >= 0.3 is 6.09 Å². The Hall–Kier alpha value is -2.57. The third-order valence-electron chi connectivity index (χ3n) is 3.96. The minimum atomic E-state index is -0.538. The van der Waals surface area contributed by atoms with Crippen LogP contribution in [0.3, 0.4) is 0 Å². The van der Waals surface area contributed by atoms with Crippen LogP contribution in [0.15, 0.2) is 24.3 Å². The van der Waals surface area contributed by atoms with Gasteiger partial charge in [0.2, 0.25) is 5.91 Å². The molecule has 1 heterocycles. The highest BCUT2D eigenvalue weighted by Gasteiger charge is 2.27. The first kappa shape index (κ1) is 19.8. The number of ether oxygens (including phenoxy) is 1. The zero-order valence-corrected chi connectivity index (χ0v) is 15.9. The Morgan fingerprint density at radius 1 is 1.08 bits per heavy atom. The molecule has 2 rings (SSSR count). The fourth-order valence-electron chi connectivity index (χ4n) is 2.62. The van der Waals surface area contributed by atoms with Crippen LogP contribution in [0.4, 0.5) is 4.79 Å². The number of nitrogens with one attached hydrogen (secondary N) is 1. The molecule has 1 aromatic rings. The summed E-state index contributed by atoms with van der Waals surface area (Å²) in [5.74, 6) is -0.427. The lowest BCUT2D eigenvalue weighted by molar-refractivity contribution is -0.131. The first-order valence-corrected chi connectivity index (χ1v) is 8.76. The van der Waals surface area contributed by atoms with Gasteiger partial charge in [-0.15, -0.1) is 0 Å². The maximum Gasteiger partial charge on any atom is 0.410 e. The summed E-state index contributed by atoms with van der Waals surface area (Å²) < 4.78 is 5.34. The number of amides is 3. The normalized spacial score (nSPS) is 14.8. The molecule has 7 heteroatoms. The Bertz CT molecular complexity index is 674. The minimum Gasteiger partial charge on any atom is -0.444 e. The molecule has 0 aliphatic carbocycles. The van der Waals surface area contributed by atoms with Crippen molar-refractivity contribution in [2.24, 2.45) is 0 Å². The van der Waals surface area contributed by atoms with Crippen molar-refractivity contribution >= 4 is 17.9 Å². The van der Waals surface area contributed by atoms with E-state index in [2.05, 4.69) is 5.32 Å². The van der Waals surface area contributed by atoms with Crippen molar-refractivity contribution in [2.75, 3.05) is 32.7 Å². The van der Waals surface area contributed by atoms with Crippen LogP contribution < -0.4 is 5.32 Å². The monoisotopic (exact) mass is 361 g/mol.